The maximum absolute atomic E-state index is 15.3. The number of rotatable bonds is 10. The van der Waals surface area contributed by atoms with Crippen LogP contribution in [0, 0.1) is 23.7 Å². The van der Waals surface area contributed by atoms with Gasteiger partial charge >= 0.3 is 5.97 Å². The number of halogens is 2. The number of carboxylic acids is 1. The maximum atomic E-state index is 15.3. The summed E-state index contributed by atoms with van der Waals surface area (Å²) < 4.78 is 11.0. The summed E-state index contributed by atoms with van der Waals surface area (Å²) in [5.74, 6) is -6.69. The van der Waals surface area contributed by atoms with Crippen LogP contribution in [0.25, 0.3) is 0 Å². The van der Waals surface area contributed by atoms with Crippen molar-refractivity contribution in [2.75, 3.05) is 26.2 Å². The van der Waals surface area contributed by atoms with Crippen LogP contribution in [-0.4, -0.2) is 70.5 Å². The number of hydrogen-bond donors (Lipinski definition) is 3. The average molecular weight is 749 g/mol. The van der Waals surface area contributed by atoms with Crippen LogP contribution in [0.3, 0.4) is 0 Å². The molecule has 12 nitrogen and oxygen atoms in total. The number of allylic oxidation sites excluding steroid dienone is 2. The SMILES string of the molecule is COc1ccc(C23C(=O)N(Nc4ccc(Cl)cc4Cl)C(=O)C2CC2C(=CCC4C(=O)N(CCCC(=O)O)C(=O)C42)C3c2cc(OC)ccc2O)cc1. The zero-order chi connectivity index (χ0) is 37.1. The van der Waals surface area contributed by atoms with E-state index in [0.29, 0.717) is 33.2 Å². The molecule has 14 heteroatoms. The van der Waals surface area contributed by atoms with E-state index in [1.807, 2.05) is 6.08 Å². The molecule has 2 aliphatic heterocycles. The van der Waals surface area contributed by atoms with Gasteiger partial charge in [-0.1, -0.05) is 47.0 Å². The molecule has 1 saturated carbocycles. The Morgan fingerprint density at radius 2 is 1.63 bits per heavy atom. The number of methoxy groups -OCH3 is 2. The standard InChI is InChI=1S/C38H35Cl2N3O9/c1-51-21-8-5-19(6-9-21)38-27(35(48)43(37(38)50)41-29-13-7-20(39)16-28(29)40)18-25-23(33(38)26-17-22(52-2)10-14-30(26)44)11-12-24-32(25)36(49)42(34(24)47)15-3-4-31(45)46/h5-11,13-14,16-17,24-25,27,32-33,41,44H,3-4,12,15,18H2,1-2H3,(H,45,46). The van der Waals surface area contributed by atoms with Crippen LogP contribution in [0.2, 0.25) is 10.0 Å². The van der Waals surface area contributed by atoms with Gasteiger partial charge in [-0.15, -0.1) is 0 Å². The van der Waals surface area contributed by atoms with Crippen molar-refractivity contribution in [2.45, 2.75) is 37.0 Å². The number of imide groups is 2. The van der Waals surface area contributed by atoms with E-state index in [4.69, 9.17) is 32.7 Å². The van der Waals surface area contributed by atoms with Gasteiger partial charge in [-0.3, -0.25) is 34.3 Å². The lowest BCUT2D eigenvalue weighted by Gasteiger charge is -2.50. The maximum Gasteiger partial charge on any atom is 0.303 e. The predicted octanol–water partition coefficient (Wildman–Crippen LogP) is 5.57. The molecule has 4 amide bonds. The molecule has 0 bridgehead atoms. The number of hydrogen-bond acceptors (Lipinski definition) is 9. The quantitative estimate of drug-likeness (QED) is 0.177. The van der Waals surface area contributed by atoms with Gasteiger partial charge in [-0.25, -0.2) is 0 Å². The number of fused-ring (bicyclic) bond motifs is 4. The Morgan fingerprint density at radius 3 is 2.31 bits per heavy atom. The fourth-order valence-corrected chi connectivity index (χ4v) is 9.20. The molecule has 0 aromatic heterocycles. The predicted molar refractivity (Wildman–Crippen MR) is 189 cm³/mol. The number of amides is 4. The highest BCUT2D eigenvalue weighted by Crippen LogP contribution is 2.65. The van der Waals surface area contributed by atoms with E-state index in [9.17, 15) is 29.4 Å². The zero-order valence-corrected chi connectivity index (χ0v) is 29.7. The highest BCUT2D eigenvalue weighted by Gasteiger charge is 2.70. The Kier molecular flexibility index (Phi) is 9.16. The van der Waals surface area contributed by atoms with Crippen LogP contribution in [0.15, 0.2) is 72.3 Å². The molecule has 6 atom stereocenters. The molecule has 270 valence electrons. The molecule has 3 aromatic rings. The van der Waals surface area contributed by atoms with E-state index in [1.165, 1.54) is 26.4 Å². The van der Waals surface area contributed by atoms with Gasteiger partial charge in [0.05, 0.1) is 48.1 Å². The van der Waals surface area contributed by atoms with Gasteiger partial charge in [0.1, 0.15) is 17.2 Å². The lowest BCUT2D eigenvalue weighted by atomic mass is 9.49. The summed E-state index contributed by atoms with van der Waals surface area (Å²) in [5.41, 5.74) is 2.94. The number of likely N-dealkylation sites (tertiary alicyclic amines) is 1. The highest BCUT2D eigenvalue weighted by molar-refractivity contribution is 6.36. The number of hydrazine groups is 1. The number of carbonyl (C=O) groups is 5. The highest BCUT2D eigenvalue weighted by atomic mass is 35.5. The fraction of sp³-hybridized carbons (Fsp3) is 0.342. The molecular weight excluding hydrogens is 713 g/mol. The summed E-state index contributed by atoms with van der Waals surface area (Å²) in [6.45, 7) is -0.0463. The largest absolute Gasteiger partial charge is 0.508 e. The summed E-state index contributed by atoms with van der Waals surface area (Å²) in [7, 11) is 2.98. The number of nitrogens with zero attached hydrogens (tertiary/aromatic N) is 2. The minimum Gasteiger partial charge on any atom is -0.508 e. The number of ether oxygens (including phenoxy) is 2. The number of anilines is 1. The van der Waals surface area contributed by atoms with Crippen molar-refractivity contribution in [3.8, 4) is 17.2 Å². The van der Waals surface area contributed by atoms with Gasteiger partial charge in [0.15, 0.2) is 0 Å². The van der Waals surface area contributed by atoms with Gasteiger partial charge in [0.25, 0.3) is 11.8 Å². The topological polar surface area (TPSA) is 163 Å². The number of carboxylic acid groups (broad SMARTS) is 1. The molecule has 6 unspecified atom stereocenters. The summed E-state index contributed by atoms with van der Waals surface area (Å²) in [5, 5.41) is 22.2. The van der Waals surface area contributed by atoms with Crippen molar-refractivity contribution < 1.29 is 43.7 Å². The summed E-state index contributed by atoms with van der Waals surface area (Å²) in [4.78, 5) is 70.4. The molecule has 0 spiro atoms. The minimum absolute atomic E-state index is 0.0271. The van der Waals surface area contributed by atoms with Crippen molar-refractivity contribution in [2.24, 2.45) is 23.7 Å². The lowest BCUT2D eigenvalue weighted by Crippen LogP contribution is -2.53. The summed E-state index contributed by atoms with van der Waals surface area (Å²) >= 11 is 12.6. The number of nitrogens with one attached hydrogen (secondary N) is 1. The van der Waals surface area contributed by atoms with Gasteiger partial charge in [0, 0.05) is 29.5 Å². The molecule has 4 aliphatic rings. The van der Waals surface area contributed by atoms with Crippen LogP contribution < -0.4 is 14.9 Å². The van der Waals surface area contributed by atoms with Crippen molar-refractivity contribution >= 4 is 58.5 Å². The Morgan fingerprint density at radius 1 is 0.923 bits per heavy atom. The normalized spacial score (nSPS) is 26.5. The summed E-state index contributed by atoms with van der Waals surface area (Å²) in [6, 6.07) is 16.1. The van der Waals surface area contributed by atoms with Gasteiger partial charge < -0.3 is 19.7 Å². The van der Waals surface area contributed by atoms with Crippen LogP contribution >= 0.6 is 23.2 Å². The van der Waals surface area contributed by atoms with Gasteiger partial charge in [-0.05, 0) is 79.3 Å². The van der Waals surface area contributed by atoms with E-state index in [2.05, 4.69) is 5.43 Å². The second-order valence-corrected chi connectivity index (χ2v) is 14.3. The fourth-order valence-electron chi connectivity index (χ4n) is 8.75. The van der Waals surface area contributed by atoms with E-state index in [0.717, 1.165) is 9.91 Å². The molecule has 7 rings (SSSR count). The van der Waals surface area contributed by atoms with Crippen LogP contribution in [0.4, 0.5) is 5.69 Å². The Bertz CT molecular complexity index is 2040. The number of phenolic OH excluding ortho intramolecular Hbond substituents is 1. The molecule has 52 heavy (non-hydrogen) atoms. The Hall–Kier alpha value is -5.07. The van der Waals surface area contributed by atoms with E-state index in [1.54, 1.807) is 48.5 Å². The van der Waals surface area contributed by atoms with Crippen molar-refractivity contribution in [3.63, 3.8) is 0 Å². The van der Waals surface area contributed by atoms with E-state index in [-0.39, 0.29) is 48.7 Å². The summed E-state index contributed by atoms with van der Waals surface area (Å²) in [6.07, 6.45) is 1.96. The number of benzene rings is 3. The van der Waals surface area contributed by atoms with Gasteiger partial charge in [-0.2, -0.15) is 5.01 Å². The first-order chi connectivity index (χ1) is 24.9. The molecule has 2 heterocycles. The lowest BCUT2D eigenvalue weighted by molar-refractivity contribution is -0.142. The van der Waals surface area contributed by atoms with Crippen LogP contribution in [0.1, 0.15) is 42.7 Å². The smallest absolute Gasteiger partial charge is 0.303 e. The Labute approximate surface area is 308 Å². The minimum atomic E-state index is -1.67. The monoisotopic (exact) mass is 747 g/mol. The van der Waals surface area contributed by atoms with Crippen molar-refractivity contribution in [1.82, 2.24) is 9.91 Å². The number of aromatic hydroxyl groups is 1. The van der Waals surface area contributed by atoms with Gasteiger partial charge in [0.2, 0.25) is 11.8 Å². The first kappa shape index (κ1) is 35.3. The first-order valence-electron chi connectivity index (χ1n) is 16.8. The molecule has 3 fully saturated rings. The molecule has 0 radical (unpaired) electrons. The zero-order valence-electron chi connectivity index (χ0n) is 28.2. The van der Waals surface area contributed by atoms with Crippen LogP contribution in [0.5, 0.6) is 17.2 Å². The molecule has 3 aromatic carbocycles. The molecular formula is C38H35Cl2N3O9. The third-order valence-corrected chi connectivity index (χ3v) is 11.5. The first-order valence-corrected chi connectivity index (χ1v) is 17.6. The second kappa shape index (κ2) is 13.5. The van der Waals surface area contributed by atoms with E-state index < -0.39 is 64.6 Å². The third kappa shape index (κ3) is 5.47. The number of aliphatic carboxylic acids is 1. The molecule has 2 aliphatic carbocycles. The average Bonchev–Trinajstić information content (AvgIpc) is 3.50. The molecule has 3 N–H and O–H groups in total. The number of phenols is 1. The van der Waals surface area contributed by atoms with E-state index >= 15 is 4.79 Å². The molecule has 2 saturated heterocycles. The second-order valence-electron chi connectivity index (χ2n) is 13.5. The number of carbonyl (C=O) groups excluding carboxylic acids is 4. The van der Waals surface area contributed by atoms with Crippen molar-refractivity contribution in [1.29, 1.82) is 0 Å². The van der Waals surface area contributed by atoms with Crippen molar-refractivity contribution in [3.05, 3.63) is 93.5 Å². The van der Waals surface area contributed by atoms with Crippen LogP contribution in [-0.2, 0) is 29.4 Å². The Balaban J connectivity index is 1.43. The third-order valence-electron chi connectivity index (χ3n) is 11.0.